The number of rotatable bonds is 9. The molecule has 1 amide bonds. The number of hydrogen-bond donors (Lipinski definition) is 2. The van der Waals surface area contributed by atoms with Gasteiger partial charge in [0.15, 0.2) is 0 Å². The highest BCUT2D eigenvalue weighted by atomic mass is 35.5. The van der Waals surface area contributed by atoms with E-state index in [1.807, 2.05) is 6.92 Å². The molecule has 0 saturated carbocycles. The van der Waals surface area contributed by atoms with E-state index in [0.29, 0.717) is 32.2 Å². The number of carbonyl (C=O) groups is 1. The van der Waals surface area contributed by atoms with E-state index < -0.39 is 0 Å². The number of carbonyl (C=O) groups excluding carboxylic acids is 1. The predicted octanol–water partition coefficient (Wildman–Crippen LogP) is 0.966. The number of amides is 1. The first-order valence-corrected chi connectivity index (χ1v) is 6.79. The van der Waals surface area contributed by atoms with Gasteiger partial charge in [0.05, 0.1) is 19.8 Å². The first-order valence-electron chi connectivity index (χ1n) is 6.79. The topological polar surface area (TPSA) is 59.6 Å². The van der Waals surface area contributed by atoms with Crippen molar-refractivity contribution < 1.29 is 14.3 Å². The van der Waals surface area contributed by atoms with Crippen LogP contribution in [0.25, 0.3) is 0 Å². The van der Waals surface area contributed by atoms with Gasteiger partial charge in [-0.25, -0.2) is 0 Å². The molecule has 2 N–H and O–H groups in total. The van der Waals surface area contributed by atoms with Crippen LogP contribution >= 0.6 is 12.4 Å². The lowest BCUT2D eigenvalue weighted by atomic mass is 10.0. The summed E-state index contributed by atoms with van der Waals surface area (Å²) in [5.74, 6) is 0.800. The molecular weight excluding hydrogens is 268 g/mol. The van der Waals surface area contributed by atoms with E-state index in [-0.39, 0.29) is 24.4 Å². The maximum atomic E-state index is 11.7. The van der Waals surface area contributed by atoms with Crippen molar-refractivity contribution >= 4 is 18.3 Å². The molecule has 1 rings (SSSR count). The smallest absolute Gasteiger partial charge is 0.220 e. The van der Waals surface area contributed by atoms with Crippen molar-refractivity contribution in [3.8, 4) is 0 Å². The first kappa shape index (κ1) is 18.6. The van der Waals surface area contributed by atoms with Crippen LogP contribution in [0.5, 0.6) is 0 Å². The second kappa shape index (κ2) is 11.5. The monoisotopic (exact) mass is 294 g/mol. The SMILES string of the molecule is COCCOCC(C)NC(=O)CCC1CCNC1.Cl. The van der Waals surface area contributed by atoms with Crippen molar-refractivity contribution in [2.75, 3.05) is 40.0 Å². The van der Waals surface area contributed by atoms with Gasteiger partial charge >= 0.3 is 0 Å². The zero-order valence-electron chi connectivity index (χ0n) is 11.9. The predicted molar refractivity (Wildman–Crippen MR) is 77.8 cm³/mol. The molecule has 6 heteroatoms. The number of ether oxygens (including phenoxy) is 2. The van der Waals surface area contributed by atoms with Crippen LogP contribution in [0.3, 0.4) is 0 Å². The number of methoxy groups -OCH3 is 1. The van der Waals surface area contributed by atoms with E-state index in [1.54, 1.807) is 7.11 Å². The second-order valence-electron chi connectivity index (χ2n) is 4.93. The highest BCUT2D eigenvalue weighted by Crippen LogP contribution is 2.13. The zero-order chi connectivity index (χ0) is 13.2. The van der Waals surface area contributed by atoms with Crippen LogP contribution in [0, 0.1) is 5.92 Å². The van der Waals surface area contributed by atoms with Crippen LogP contribution in [0.2, 0.25) is 0 Å². The van der Waals surface area contributed by atoms with E-state index in [9.17, 15) is 4.79 Å². The highest BCUT2D eigenvalue weighted by Gasteiger charge is 2.16. The standard InChI is InChI=1S/C13H26N2O3.ClH/c1-11(10-18-8-7-17-2)15-13(16)4-3-12-5-6-14-9-12;/h11-12,14H,3-10H2,1-2H3,(H,15,16);1H. The van der Waals surface area contributed by atoms with Gasteiger partial charge in [0.1, 0.15) is 0 Å². The summed E-state index contributed by atoms with van der Waals surface area (Å²) in [6.45, 7) is 5.82. The Morgan fingerprint density at radius 2 is 2.26 bits per heavy atom. The molecule has 1 saturated heterocycles. The molecule has 1 aliphatic rings. The van der Waals surface area contributed by atoms with Crippen molar-refractivity contribution in [3.63, 3.8) is 0 Å². The average Bonchev–Trinajstić information content (AvgIpc) is 2.85. The molecule has 2 unspecified atom stereocenters. The summed E-state index contributed by atoms with van der Waals surface area (Å²) in [6.07, 6.45) is 2.80. The molecule has 1 aliphatic heterocycles. The van der Waals surface area contributed by atoms with Crippen LogP contribution in [0.15, 0.2) is 0 Å². The van der Waals surface area contributed by atoms with Crippen molar-refractivity contribution in [2.24, 2.45) is 5.92 Å². The lowest BCUT2D eigenvalue weighted by Gasteiger charge is -2.15. The fourth-order valence-electron chi connectivity index (χ4n) is 2.09. The van der Waals surface area contributed by atoms with Gasteiger partial charge in [-0.05, 0) is 38.8 Å². The fraction of sp³-hybridized carbons (Fsp3) is 0.923. The lowest BCUT2D eigenvalue weighted by Crippen LogP contribution is -2.36. The molecule has 0 aromatic heterocycles. The molecule has 0 aromatic carbocycles. The van der Waals surface area contributed by atoms with Gasteiger partial charge in [-0.15, -0.1) is 12.4 Å². The van der Waals surface area contributed by atoms with Gasteiger partial charge < -0.3 is 20.1 Å². The molecule has 1 fully saturated rings. The molecule has 0 bridgehead atoms. The molecule has 19 heavy (non-hydrogen) atoms. The van der Waals surface area contributed by atoms with E-state index in [1.165, 1.54) is 6.42 Å². The Balaban J connectivity index is 0.00000324. The van der Waals surface area contributed by atoms with Crippen LogP contribution in [-0.2, 0) is 14.3 Å². The molecule has 0 aromatic rings. The molecule has 1 heterocycles. The summed E-state index contributed by atoms with van der Waals surface area (Å²) < 4.78 is 10.2. The molecule has 0 radical (unpaired) electrons. The normalized spacial score (nSPS) is 19.8. The van der Waals surface area contributed by atoms with Gasteiger partial charge in [0.25, 0.3) is 0 Å². The molecule has 114 valence electrons. The van der Waals surface area contributed by atoms with Crippen LogP contribution in [-0.4, -0.2) is 52.0 Å². The van der Waals surface area contributed by atoms with Crippen LogP contribution < -0.4 is 10.6 Å². The second-order valence-corrected chi connectivity index (χ2v) is 4.93. The first-order chi connectivity index (χ1) is 8.72. The molecule has 0 spiro atoms. The Labute approximate surface area is 122 Å². The summed E-state index contributed by atoms with van der Waals surface area (Å²) in [5, 5.41) is 6.27. The Bertz CT molecular complexity index is 236. The third-order valence-corrected chi connectivity index (χ3v) is 3.15. The molecule has 0 aliphatic carbocycles. The van der Waals surface area contributed by atoms with Crippen molar-refractivity contribution in [1.29, 1.82) is 0 Å². The Kier molecular flexibility index (Phi) is 11.2. The van der Waals surface area contributed by atoms with Gasteiger partial charge in [-0.3, -0.25) is 4.79 Å². The van der Waals surface area contributed by atoms with Crippen molar-refractivity contribution in [2.45, 2.75) is 32.2 Å². The van der Waals surface area contributed by atoms with Crippen molar-refractivity contribution in [1.82, 2.24) is 10.6 Å². The zero-order valence-corrected chi connectivity index (χ0v) is 12.8. The largest absolute Gasteiger partial charge is 0.382 e. The minimum atomic E-state index is 0. The van der Waals surface area contributed by atoms with Gasteiger partial charge in [0.2, 0.25) is 5.91 Å². The van der Waals surface area contributed by atoms with E-state index in [0.717, 1.165) is 19.5 Å². The maximum absolute atomic E-state index is 11.7. The number of halogens is 1. The third-order valence-electron chi connectivity index (χ3n) is 3.15. The minimum Gasteiger partial charge on any atom is -0.382 e. The van der Waals surface area contributed by atoms with Gasteiger partial charge in [-0.2, -0.15) is 0 Å². The maximum Gasteiger partial charge on any atom is 0.220 e. The summed E-state index contributed by atoms with van der Waals surface area (Å²) in [4.78, 5) is 11.7. The van der Waals surface area contributed by atoms with E-state index in [4.69, 9.17) is 9.47 Å². The number of nitrogens with one attached hydrogen (secondary N) is 2. The number of hydrogen-bond acceptors (Lipinski definition) is 4. The fourth-order valence-corrected chi connectivity index (χ4v) is 2.09. The Morgan fingerprint density at radius 3 is 2.89 bits per heavy atom. The molecule has 5 nitrogen and oxygen atoms in total. The van der Waals surface area contributed by atoms with Gasteiger partial charge in [0, 0.05) is 19.6 Å². The Hall–Kier alpha value is -0.360. The van der Waals surface area contributed by atoms with E-state index >= 15 is 0 Å². The minimum absolute atomic E-state index is 0. The summed E-state index contributed by atoms with van der Waals surface area (Å²) in [7, 11) is 1.65. The van der Waals surface area contributed by atoms with Gasteiger partial charge in [-0.1, -0.05) is 0 Å². The average molecular weight is 295 g/mol. The van der Waals surface area contributed by atoms with E-state index in [2.05, 4.69) is 10.6 Å². The Morgan fingerprint density at radius 1 is 1.47 bits per heavy atom. The summed E-state index contributed by atoms with van der Waals surface area (Å²) in [6, 6.07) is 0.0658. The quantitative estimate of drug-likeness (QED) is 0.622. The van der Waals surface area contributed by atoms with Crippen molar-refractivity contribution in [3.05, 3.63) is 0 Å². The molecule has 2 atom stereocenters. The van der Waals surface area contributed by atoms with Crippen LogP contribution in [0.1, 0.15) is 26.2 Å². The van der Waals surface area contributed by atoms with Crippen LogP contribution in [0.4, 0.5) is 0 Å². The summed E-state index contributed by atoms with van der Waals surface area (Å²) >= 11 is 0. The lowest BCUT2D eigenvalue weighted by molar-refractivity contribution is -0.122. The molecular formula is C13H27ClN2O3. The third kappa shape index (κ3) is 9.21. The summed E-state index contributed by atoms with van der Waals surface area (Å²) in [5.41, 5.74) is 0. The highest BCUT2D eigenvalue weighted by molar-refractivity contribution is 5.85.